The van der Waals surface area contributed by atoms with E-state index in [9.17, 15) is 10.2 Å². The third-order valence-corrected chi connectivity index (χ3v) is 5.84. The minimum Gasteiger partial charge on any atom is -0.494 e. The van der Waals surface area contributed by atoms with Crippen molar-refractivity contribution in [3.63, 3.8) is 0 Å². The predicted molar refractivity (Wildman–Crippen MR) is 109 cm³/mol. The molecule has 1 saturated heterocycles. The van der Waals surface area contributed by atoms with Crippen LogP contribution in [0.4, 0.5) is 5.95 Å². The minimum atomic E-state index is 0.243. The summed E-state index contributed by atoms with van der Waals surface area (Å²) in [4.78, 5) is 13.3. The molecule has 1 fully saturated rings. The lowest BCUT2D eigenvalue weighted by molar-refractivity contribution is 0.248. The lowest BCUT2D eigenvalue weighted by Gasteiger charge is -2.34. The smallest absolute Gasteiger partial charge is 0.225 e. The maximum absolute atomic E-state index is 10.5. The molecule has 0 saturated carbocycles. The zero-order valence-corrected chi connectivity index (χ0v) is 16.5. The fraction of sp³-hybridized carbons (Fsp3) is 0.524. The molecule has 28 heavy (non-hydrogen) atoms. The van der Waals surface area contributed by atoms with Gasteiger partial charge in [0.1, 0.15) is 0 Å². The summed E-state index contributed by atoms with van der Waals surface area (Å²) in [6.45, 7) is 7.67. The van der Waals surface area contributed by atoms with Crippen LogP contribution in [0.25, 0.3) is 0 Å². The molecular formula is C21H29N5O2. The van der Waals surface area contributed by atoms with Crippen LogP contribution in [-0.4, -0.2) is 62.4 Å². The van der Waals surface area contributed by atoms with Gasteiger partial charge < -0.3 is 15.1 Å². The van der Waals surface area contributed by atoms with E-state index in [4.69, 9.17) is 0 Å². The summed E-state index contributed by atoms with van der Waals surface area (Å²) in [7, 11) is 0. The lowest BCUT2D eigenvalue weighted by Crippen LogP contribution is -2.47. The van der Waals surface area contributed by atoms with E-state index in [-0.39, 0.29) is 11.8 Å². The van der Waals surface area contributed by atoms with Gasteiger partial charge in [-0.3, -0.25) is 9.47 Å². The molecular weight excluding hydrogens is 354 g/mol. The van der Waals surface area contributed by atoms with Crippen molar-refractivity contribution in [2.75, 3.05) is 37.6 Å². The molecule has 0 radical (unpaired) electrons. The number of piperazine rings is 1. The van der Waals surface area contributed by atoms with Crippen molar-refractivity contribution >= 4 is 5.95 Å². The van der Waals surface area contributed by atoms with Crippen LogP contribution in [0.1, 0.15) is 30.9 Å². The molecule has 0 atom stereocenters. The molecule has 2 N–H and O–H groups in total. The van der Waals surface area contributed by atoms with E-state index in [1.807, 2.05) is 6.07 Å². The average Bonchev–Trinajstić information content (AvgIpc) is 2.96. The van der Waals surface area contributed by atoms with Gasteiger partial charge >= 0.3 is 0 Å². The van der Waals surface area contributed by atoms with Gasteiger partial charge in [0, 0.05) is 56.2 Å². The summed E-state index contributed by atoms with van der Waals surface area (Å²) < 4.78 is 1.68. The molecule has 150 valence electrons. The first-order valence-electron chi connectivity index (χ1n) is 10.2. The van der Waals surface area contributed by atoms with Crippen molar-refractivity contribution in [3.8, 4) is 11.8 Å². The van der Waals surface area contributed by atoms with Crippen LogP contribution < -0.4 is 4.90 Å². The predicted octanol–water partition coefficient (Wildman–Crippen LogP) is 2.34. The Labute approximate surface area is 165 Å². The van der Waals surface area contributed by atoms with Crippen molar-refractivity contribution in [1.29, 1.82) is 0 Å². The normalized spacial score (nSPS) is 17.5. The topological polar surface area (TPSA) is 77.7 Å². The van der Waals surface area contributed by atoms with Crippen LogP contribution in [0.5, 0.6) is 11.8 Å². The second-order valence-electron chi connectivity index (χ2n) is 7.77. The van der Waals surface area contributed by atoms with Gasteiger partial charge in [-0.25, -0.2) is 9.97 Å². The van der Waals surface area contributed by atoms with E-state index < -0.39 is 0 Å². The molecule has 0 aromatic carbocycles. The third kappa shape index (κ3) is 3.85. The Morgan fingerprint density at radius 1 is 0.929 bits per heavy atom. The lowest BCUT2D eigenvalue weighted by atomic mass is 9.96. The molecule has 2 aromatic heterocycles. The second kappa shape index (κ2) is 8.22. The highest BCUT2D eigenvalue weighted by Gasteiger charge is 2.24. The van der Waals surface area contributed by atoms with Gasteiger partial charge in [0.05, 0.1) is 0 Å². The standard InChI is InChI=1S/C21H29N5O2/c1-16-5-6-17-18(15-16)20(28)26(19(17)27)10-3-2-9-24-11-13-25(14-12-24)21-22-7-4-8-23-21/h4-5,7-8,27-28H,2-3,6,9-15H2,1H3. The van der Waals surface area contributed by atoms with Gasteiger partial charge in [0.15, 0.2) is 11.8 Å². The van der Waals surface area contributed by atoms with Gasteiger partial charge in [-0.1, -0.05) is 11.6 Å². The molecule has 4 rings (SSSR count). The maximum Gasteiger partial charge on any atom is 0.225 e. The summed E-state index contributed by atoms with van der Waals surface area (Å²) in [5.74, 6) is 1.30. The Bertz CT molecular complexity index is 838. The zero-order chi connectivity index (χ0) is 19.5. The van der Waals surface area contributed by atoms with Crippen LogP contribution >= 0.6 is 0 Å². The quantitative estimate of drug-likeness (QED) is 0.589. The van der Waals surface area contributed by atoms with Gasteiger partial charge in [-0.2, -0.15) is 0 Å². The Balaban J connectivity index is 1.23. The molecule has 0 spiro atoms. The van der Waals surface area contributed by atoms with Crippen LogP contribution in [0, 0.1) is 0 Å². The SMILES string of the molecule is CC1=CCc2c(c(O)n(CCCCN3CCN(c4ncccn4)CC3)c2O)C1. The van der Waals surface area contributed by atoms with E-state index in [1.54, 1.807) is 17.0 Å². The van der Waals surface area contributed by atoms with Crippen LogP contribution in [0.3, 0.4) is 0 Å². The highest BCUT2D eigenvalue weighted by Crippen LogP contribution is 2.38. The highest BCUT2D eigenvalue weighted by atomic mass is 16.3. The van der Waals surface area contributed by atoms with Crippen molar-refractivity contribution in [1.82, 2.24) is 19.4 Å². The molecule has 0 amide bonds. The second-order valence-corrected chi connectivity index (χ2v) is 7.77. The number of aromatic hydroxyl groups is 2. The summed E-state index contributed by atoms with van der Waals surface area (Å²) >= 11 is 0. The largest absolute Gasteiger partial charge is 0.494 e. The van der Waals surface area contributed by atoms with Crippen molar-refractivity contribution in [3.05, 3.63) is 41.2 Å². The molecule has 2 aliphatic rings. The van der Waals surface area contributed by atoms with Gasteiger partial charge in [0.2, 0.25) is 5.95 Å². The van der Waals surface area contributed by atoms with E-state index in [2.05, 4.69) is 32.8 Å². The van der Waals surface area contributed by atoms with Gasteiger partial charge in [0.25, 0.3) is 0 Å². The first-order valence-corrected chi connectivity index (χ1v) is 10.2. The summed E-state index contributed by atoms with van der Waals surface area (Å²) in [6.07, 6.45) is 9.13. The molecule has 7 nitrogen and oxygen atoms in total. The Morgan fingerprint density at radius 3 is 2.36 bits per heavy atom. The number of anilines is 1. The van der Waals surface area contributed by atoms with E-state index in [1.165, 1.54) is 5.57 Å². The zero-order valence-electron chi connectivity index (χ0n) is 16.5. The Morgan fingerprint density at radius 2 is 1.61 bits per heavy atom. The first-order chi connectivity index (χ1) is 13.6. The van der Waals surface area contributed by atoms with E-state index >= 15 is 0 Å². The van der Waals surface area contributed by atoms with Crippen LogP contribution in [-0.2, 0) is 19.4 Å². The maximum atomic E-state index is 10.5. The third-order valence-electron chi connectivity index (χ3n) is 5.84. The highest BCUT2D eigenvalue weighted by molar-refractivity contribution is 5.50. The van der Waals surface area contributed by atoms with Crippen molar-refractivity contribution in [2.24, 2.45) is 0 Å². The fourth-order valence-electron chi connectivity index (χ4n) is 4.17. The Hall–Kier alpha value is -2.54. The molecule has 1 aliphatic carbocycles. The number of rotatable bonds is 6. The molecule has 2 aromatic rings. The molecule has 1 aliphatic heterocycles. The number of fused-ring (bicyclic) bond motifs is 1. The Kier molecular flexibility index (Phi) is 5.52. The number of nitrogens with zero attached hydrogens (tertiary/aromatic N) is 5. The molecule has 7 heteroatoms. The minimum absolute atomic E-state index is 0.243. The fourth-order valence-corrected chi connectivity index (χ4v) is 4.17. The van der Waals surface area contributed by atoms with E-state index in [0.717, 1.165) is 69.1 Å². The van der Waals surface area contributed by atoms with Crippen molar-refractivity contribution < 1.29 is 10.2 Å². The molecule has 3 heterocycles. The molecule has 0 unspecified atom stereocenters. The number of unbranched alkanes of at least 4 members (excludes halogenated alkanes) is 1. The number of allylic oxidation sites excluding steroid dienone is 2. The number of hydrogen-bond acceptors (Lipinski definition) is 6. The van der Waals surface area contributed by atoms with Crippen LogP contribution in [0.15, 0.2) is 30.1 Å². The van der Waals surface area contributed by atoms with Gasteiger partial charge in [-0.15, -0.1) is 0 Å². The molecule has 0 bridgehead atoms. The summed E-state index contributed by atoms with van der Waals surface area (Å²) in [6, 6.07) is 1.84. The summed E-state index contributed by atoms with van der Waals surface area (Å²) in [5, 5.41) is 21.0. The van der Waals surface area contributed by atoms with Gasteiger partial charge in [-0.05, 0) is 45.2 Å². The van der Waals surface area contributed by atoms with E-state index in [0.29, 0.717) is 13.0 Å². The summed E-state index contributed by atoms with van der Waals surface area (Å²) in [5.41, 5.74) is 3.04. The monoisotopic (exact) mass is 383 g/mol. The van der Waals surface area contributed by atoms with Crippen LogP contribution in [0.2, 0.25) is 0 Å². The first kappa shape index (κ1) is 18.8. The number of hydrogen-bond donors (Lipinski definition) is 2. The number of aromatic nitrogens is 3. The van der Waals surface area contributed by atoms with Crippen molar-refractivity contribution in [2.45, 2.75) is 39.2 Å². The average molecular weight is 383 g/mol.